The number of aromatic nitrogens is 2. The van der Waals surface area contributed by atoms with E-state index in [9.17, 15) is 0 Å². The van der Waals surface area contributed by atoms with E-state index in [-0.39, 0.29) is 6.04 Å². The van der Waals surface area contributed by atoms with Crippen LogP contribution in [0.2, 0.25) is 0 Å². The van der Waals surface area contributed by atoms with E-state index in [1.54, 1.807) is 0 Å². The van der Waals surface area contributed by atoms with Crippen LogP contribution < -0.4 is 5.73 Å². The summed E-state index contributed by atoms with van der Waals surface area (Å²) in [4.78, 5) is 4.86. The number of fused-ring (bicyclic) bond motifs is 1. The number of benzene rings is 1. The molecule has 1 aromatic heterocycles. The zero-order chi connectivity index (χ0) is 14.9. The lowest BCUT2D eigenvalue weighted by molar-refractivity contribution is 0.256. The molecule has 3 nitrogen and oxygen atoms in total. The second kappa shape index (κ2) is 5.80. The van der Waals surface area contributed by atoms with E-state index in [4.69, 9.17) is 10.7 Å². The first kappa shape index (κ1) is 14.6. The normalized spacial score (nSPS) is 19.2. The lowest BCUT2D eigenvalue weighted by atomic mass is 9.79. The number of para-hydroxylation sites is 2. The molecule has 3 heteroatoms. The summed E-state index contributed by atoms with van der Waals surface area (Å²) < 4.78 is 2.37. The van der Waals surface area contributed by atoms with Gasteiger partial charge in [0, 0.05) is 19.0 Å². The van der Waals surface area contributed by atoms with Gasteiger partial charge in [0.2, 0.25) is 0 Å². The van der Waals surface area contributed by atoms with E-state index in [2.05, 4.69) is 42.7 Å². The van der Waals surface area contributed by atoms with Crippen LogP contribution in [-0.2, 0) is 13.0 Å². The Hall–Kier alpha value is -1.35. The van der Waals surface area contributed by atoms with Crippen LogP contribution in [0.15, 0.2) is 24.3 Å². The van der Waals surface area contributed by atoms with E-state index in [1.807, 2.05) is 0 Å². The summed E-state index contributed by atoms with van der Waals surface area (Å²) in [6, 6.07) is 8.65. The summed E-state index contributed by atoms with van der Waals surface area (Å²) in [5.74, 6) is 1.17. The third-order valence-corrected chi connectivity index (χ3v) is 5.22. The molecule has 0 radical (unpaired) electrons. The second-order valence-corrected chi connectivity index (χ2v) is 6.84. The highest BCUT2D eigenvalue weighted by atomic mass is 15.1. The molecule has 1 aliphatic rings. The van der Waals surface area contributed by atoms with Crippen molar-refractivity contribution in [3.63, 3.8) is 0 Å². The van der Waals surface area contributed by atoms with Gasteiger partial charge in [-0.1, -0.05) is 38.8 Å². The van der Waals surface area contributed by atoms with Crippen molar-refractivity contribution in [2.24, 2.45) is 11.1 Å². The predicted molar refractivity (Wildman–Crippen MR) is 88.3 cm³/mol. The summed E-state index contributed by atoms with van der Waals surface area (Å²) in [5.41, 5.74) is 9.23. The van der Waals surface area contributed by atoms with Gasteiger partial charge in [-0.2, -0.15) is 0 Å². The molecule has 1 atom stereocenters. The zero-order valence-electron chi connectivity index (χ0n) is 13.3. The fourth-order valence-corrected chi connectivity index (χ4v) is 3.75. The van der Waals surface area contributed by atoms with Crippen LogP contribution in [0.25, 0.3) is 11.0 Å². The molecule has 1 aliphatic carbocycles. The molecule has 0 spiro atoms. The third kappa shape index (κ3) is 2.71. The molecule has 114 valence electrons. The van der Waals surface area contributed by atoms with Crippen LogP contribution in [0, 0.1) is 5.41 Å². The summed E-state index contributed by atoms with van der Waals surface area (Å²) in [5, 5.41) is 0. The van der Waals surface area contributed by atoms with Crippen molar-refractivity contribution in [1.29, 1.82) is 0 Å². The minimum atomic E-state index is 0.215. The first-order valence-electron chi connectivity index (χ1n) is 8.34. The Morgan fingerprint density at radius 1 is 1.29 bits per heavy atom. The highest BCUT2D eigenvalue weighted by Gasteiger charge is 2.35. The van der Waals surface area contributed by atoms with Crippen LogP contribution in [-0.4, -0.2) is 15.6 Å². The average Bonchev–Trinajstić information content (AvgIpc) is 3.06. The molecule has 0 bridgehead atoms. The molecule has 1 saturated carbocycles. The van der Waals surface area contributed by atoms with Crippen LogP contribution in [0.3, 0.4) is 0 Å². The SMILES string of the molecule is CCCn1c(CC(N)C2(C)CCCC2)nc2ccccc21. The Balaban J connectivity index is 1.90. The summed E-state index contributed by atoms with van der Waals surface area (Å²) in [7, 11) is 0. The average molecular weight is 285 g/mol. The van der Waals surface area contributed by atoms with Crippen molar-refractivity contribution in [2.45, 2.75) is 65.0 Å². The van der Waals surface area contributed by atoms with Crippen molar-refractivity contribution in [2.75, 3.05) is 0 Å². The lowest BCUT2D eigenvalue weighted by Gasteiger charge is -2.31. The van der Waals surface area contributed by atoms with E-state index in [1.165, 1.54) is 37.0 Å². The number of hydrogen-bond acceptors (Lipinski definition) is 2. The molecule has 1 aromatic carbocycles. The summed E-state index contributed by atoms with van der Waals surface area (Å²) >= 11 is 0. The smallest absolute Gasteiger partial charge is 0.111 e. The fraction of sp³-hybridized carbons (Fsp3) is 0.611. The first-order chi connectivity index (χ1) is 10.1. The third-order valence-electron chi connectivity index (χ3n) is 5.22. The molecule has 1 fully saturated rings. The maximum Gasteiger partial charge on any atom is 0.111 e. The van der Waals surface area contributed by atoms with Crippen molar-refractivity contribution in [3.05, 3.63) is 30.1 Å². The number of aryl methyl sites for hydroxylation is 1. The quantitative estimate of drug-likeness (QED) is 0.905. The summed E-state index contributed by atoms with van der Waals surface area (Å²) in [6.07, 6.45) is 7.21. The van der Waals surface area contributed by atoms with Crippen molar-refractivity contribution >= 4 is 11.0 Å². The van der Waals surface area contributed by atoms with Gasteiger partial charge in [-0.05, 0) is 36.8 Å². The molecule has 0 amide bonds. The largest absolute Gasteiger partial charge is 0.328 e. The Morgan fingerprint density at radius 3 is 2.71 bits per heavy atom. The molecule has 1 unspecified atom stereocenters. The van der Waals surface area contributed by atoms with Gasteiger partial charge < -0.3 is 10.3 Å². The molecule has 0 saturated heterocycles. The number of nitrogens with zero attached hydrogens (tertiary/aromatic N) is 2. The minimum absolute atomic E-state index is 0.215. The van der Waals surface area contributed by atoms with E-state index < -0.39 is 0 Å². The monoisotopic (exact) mass is 285 g/mol. The second-order valence-electron chi connectivity index (χ2n) is 6.84. The molecular weight excluding hydrogens is 258 g/mol. The van der Waals surface area contributed by atoms with Gasteiger partial charge in [0.15, 0.2) is 0 Å². The van der Waals surface area contributed by atoms with Crippen LogP contribution >= 0.6 is 0 Å². The minimum Gasteiger partial charge on any atom is -0.328 e. The van der Waals surface area contributed by atoms with Gasteiger partial charge in [-0.15, -0.1) is 0 Å². The van der Waals surface area contributed by atoms with Crippen molar-refractivity contribution in [1.82, 2.24) is 9.55 Å². The van der Waals surface area contributed by atoms with Crippen LogP contribution in [0.5, 0.6) is 0 Å². The fourth-order valence-electron chi connectivity index (χ4n) is 3.75. The molecular formula is C18H27N3. The number of nitrogens with two attached hydrogens (primary N) is 1. The molecule has 2 aromatic rings. The number of imidazole rings is 1. The molecule has 21 heavy (non-hydrogen) atoms. The van der Waals surface area contributed by atoms with Gasteiger partial charge in [0.05, 0.1) is 11.0 Å². The van der Waals surface area contributed by atoms with E-state index >= 15 is 0 Å². The number of rotatable bonds is 5. The Morgan fingerprint density at radius 2 is 2.00 bits per heavy atom. The van der Waals surface area contributed by atoms with Crippen LogP contribution in [0.1, 0.15) is 51.8 Å². The van der Waals surface area contributed by atoms with Gasteiger partial charge in [-0.25, -0.2) is 4.98 Å². The maximum atomic E-state index is 6.58. The topological polar surface area (TPSA) is 43.8 Å². The predicted octanol–water partition coefficient (Wildman–Crippen LogP) is 3.90. The maximum absolute atomic E-state index is 6.58. The molecule has 3 rings (SSSR count). The standard InChI is InChI=1S/C18H27N3/c1-3-12-21-15-9-5-4-8-14(15)20-17(21)13-16(19)18(2)10-6-7-11-18/h4-5,8-9,16H,3,6-7,10-13,19H2,1-2H3. The van der Waals surface area contributed by atoms with Gasteiger partial charge in [0.1, 0.15) is 5.82 Å². The first-order valence-corrected chi connectivity index (χ1v) is 8.34. The van der Waals surface area contributed by atoms with Gasteiger partial charge in [0.25, 0.3) is 0 Å². The highest BCUT2D eigenvalue weighted by Crippen LogP contribution is 2.40. The molecule has 2 N–H and O–H groups in total. The summed E-state index contributed by atoms with van der Waals surface area (Å²) in [6.45, 7) is 5.60. The Bertz CT molecular complexity index is 608. The van der Waals surface area contributed by atoms with Gasteiger partial charge in [-0.3, -0.25) is 0 Å². The van der Waals surface area contributed by atoms with E-state index in [0.29, 0.717) is 5.41 Å². The van der Waals surface area contributed by atoms with Crippen molar-refractivity contribution < 1.29 is 0 Å². The lowest BCUT2D eigenvalue weighted by Crippen LogP contribution is -2.40. The van der Waals surface area contributed by atoms with Gasteiger partial charge >= 0.3 is 0 Å². The molecule has 0 aliphatic heterocycles. The van der Waals surface area contributed by atoms with E-state index in [0.717, 1.165) is 24.9 Å². The highest BCUT2D eigenvalue weighted by molar-refractivity contribution is 5.75. The number of hydrogen-bond donors (Lipinski definition) is 1. The zero-order valence-corrected chi connectivity index (χ0v) is 13.3. The Labute approximate surface area is 127 Å². The van der Waals surface area contributed by atoms with Crippen molar-refractivity contribution in [3.8, 4) is 0 Å². The molecule has 1 heterocycles. The Kier molecular flexibility index (Phi) is 4.03. The van der Waals surface area contributed by atoms with Crippen LogP contribution in [0.4, 0.5) is 0 Å².